The number of alkyl halides is 1. The molecule has 0 radical (unpaired) electrons. The van der Waals surface area contributed by atoms with Crippen molar-refractivity contribution in [3.05, 3.63) is 35.1 Å². The highest BCUT2D eigenvalue weighted by Gasteiger charge is 2.05. The fraction of sp³-hybridized carbons (Fsp3) is 0.500. The SMILES string of the molecule is CN=C(NCCCF)NCc1ccc(F)cc1CSC. The Bertz CT molecular complexity index is 438. The van der Waals surface area contributed by atoms with Crippen LogP contribution in [0.3, 0.4) is 0 Å². The standard InChI is InChI=1S/C14H21F2N3S/c1-17-14(18-7-3-6-15)19-9-11-4-5-13(16)8-12(11)10-20-2/h4-5,8H,3,6-7,9-10H2,1-2H3,(H2,17,18,19). The number of aliphatic imine (C=N–C) groups is 1. The number of nitrogens with one attached hydrogen (secondary N) is 2. The highest BCUT2D eigenvalue weighted by Crippen LogP contribution is 2.16. The molecule has 0 spiro atoms. The fourth-order valence-electron chi connectivity index (χ4n) is 1.73. The first-order chi connectivity index (χ1) is 9.71. The lowest BCUT2D eigenvalue weighted by atomic mass is 10.1. The summed E-state index contributed by atoms with van der Waals surface area (Å²) in [6.07, 6.45) is 2.44. The maximum atomic E-state index is 13.2. The van der Waals surface area contributed by atoms with E-state index in [0.717, 1.165) is 16.9 Å². The molecule has 3 nitrogen and oxygen atoms in total. The van der Waals surface area contributed by atoms with Gasteiger partial charge in [0.05, 0.1) is 6.67 Å². The van der Waals surface area contributed by atoms with Crippen LogP contribution in [0.25, 0.3) is 0 Å². The van der Waals surface area contributed by atoms with Crippen molar-refractivity contribution < 1.29 is 8.78 Å². The van der Waals surface area contributed by atoms with Gasteiger partial charge in [0.1, 0.15) is 5.82 Å². The molecule has 0 bridgehead atoms. The lowest BCUT2D eigenvalue weighted by molar-refractivity contribution is 0.470. The molecule has 1 aromatic rings. The minimum absolute atomic E-state index is 0.219. The summed E-state index contributed by atoms with van der Waals surface area (Å²) in [6, 6.07) is 4.80. The van der Waals surface area contributed by atoms with Gasteiger partial charge in [-0.15, -0.1) is 0 Å². The van der Waals surface area contributed by atoms with Crippen molar-refractivity contribution in [2.45, 2.75) is 18.7 Å². The number of halogens is 2. The van der Waals surface area contributed by atoms with Crippen molar-refractivity contribution in [2.75, 3.05) is 26.5 Å². The highest BCUT2D eigenvalue weighted by atomic mass is 32.2. The Balaban J connectivity index is 2.59. The third-order valence-electron chi connectivity index (χ3n) is 2.74. The topological polar surface area (TPSA) is 36.4 Å². The van der Waals surface area contributed by atoms with Gasteiger partial charge < -0.3 is 10.6 Å². The van der Waals surface area contributed by atoms with E-state index in [1.165, 1.54) is 6.07 Å². The number of nitrogens with zero attached hydrogens (tertiary/aromatic N) is 1. The molecule has 0 saturated carbocycles. The predicted octanol–water partition coefficient (Wildman–Crippen LogP) is 2.71. The molecule has 1 rings (SSSR count). The molecule has 0 aliphatic rings. The van der Waals surface area contributed by atoms with Crippen LogP contribution in [0.4, 0.5) is 8.78 Å². The molecule has 112 valence electrons. The molecule has 0 amide bonds. The van der Waals surface area contributed by atoms with E-state index in [9.17, 15) is 8.78 Å². The van der Waals surface area contributed by atoms with Gasteiger partial charge in [-0.05, 0) is 35.9 Å². The van der Waals surface area contributed by atoms with Crippen LogP contribution in [0.2, 0.25) is 0 Å². The highest BCUT2D eigenvalue weighted by molar-refractivity contribution is 7.97. The Kier molecular flexibility index (Phi) is 8.02. The first-order valence-electron chi connectivity index (χ1n) is 6.48. The van der Waals surface area contributed by atoms with Crippen molar-refractivity contribution in [2.24, 2.45) is 4.99 Å². The van der Waals surface area contributed by atoms with E-state index in [1.807, 2.05) is 6.26 Å². The molecule has 0 saturated heterocycles. The summed E-state index contributed by atoms with van der Waals surface area (Å²) in [7, 11) is 1.66. The molecule has 0 aliphatic carbocycles. The summed E-state index contributed by atoms with van der Waals surface area (Å²) < 4.78 is 25.3. The Hall–Kier alpha value is -1.30. The van der Waals surface area contributed by atoms with E-state index in [-0.39, 0.29) is 12.5 Å². The molecule has 0 aromatic heterocycles. The van der Waals surface area contributed by atoms with Gasteiger partial charge in [-0.3, -0.25) is 9.38 Å². The van der Waals surface area contributed by atoms with Crippen LogP contribution in [-0.4, -0.2) is 32.5 Å². The zero-order chi connectivity index (χ0) is 14.8. The van der Waals surface area contributed by atoms with Gasteiger partial charge in [0.2, 0.25) is 0 Å². The van der Waals surface area contributed by atoms with Gasteiger partial charge in [-0.25, -0.2) is 4.39 Å². The molecule has 1 aromatic carbocycles. The predicted molar refractivity (Wildman–Crippen MR) is 82.4 cm³/mol. The molecule has 0 aliphatic heterocycles. The van der Waals surface area contributed by atoms with Crippen molar-refractivity contribution in [1.29, 1.82) is 0 Å². The normalized spacial score (nSPS) is 11.5. The van der Waals surface area contributed by atoms with E-state index < -0.39 is 0 Å². The lowest BCUT2D eigenvalue weighted by Gasteiger charge is -2.13. The average molecular weight is 301 g/mol. The summed E-state index contributed by atoms with van der Waals surface area (Å²) in [5.41, 5.74) is 2.01. The van der Waals surface area contributed by atoms with Crippen LogP contribution in [0.5, 0.6) is 0 Å². The van der Waals surface area contributed by atoms with E-state index in [0.29, 0.717) is 25.5 Å². The summed E-state index contributed by atoms with van der Waals surface area (Å²) in [5, 5.41) is 6.17. The second kappa shape index (κ2) is 9.58. The molecule has 0 unspecified atom stereocenters. The number of thioether (sulfide) groups is 1. The van der Waals surface area contributed by atoms with Crippen molar-refractivity contribution in [3.8, 4) is 0 Å². The van der Waals surface area contributed by atoms with Crippen LogP contribution in [0.15, 0.2) is 23.2 Å². The van der Waals surface area contributed by atoms with Crippen LogP contribution >= 0.6 is 11.8 Å². The maximum absolute atomic E-state index is 13.2. The fourth-order valence-corrected chi connectivity index (χ4v) is 2.31. The van der Waals surface area contributed by atoms with Gasteiger partial charge in [-0.2, -0.15) is 11.8 Å². The first-order valence-corrected chi connectivity index (χ1v) is 7.87. The summed E-state index contributed by atoms with van der Waals surface area (Å²) in [6.45, 7) is 0.753. The molecular weight excluding hydrogens is 280 g/mol. The summed E-state index contributed by atoms with van der Waals surface area (Å²) in [4.78, 5) is 4.06. The third kappa shape index (κ3) is 5.77. The van der Waals surface area contributed by atoms with Crippen LogP contribution in [-0.2, 0) is 12.3 Å². The Labute approximate surface area is 123 Å². The number of benzene rings is 1. The number of hydrogen-bond donors (Lipinski definition) is 2. The van der Waals surface area contributed by atoms with Crippen molar-refractivity contribution >= 4 is 17.7 Å². The Morgan fingerprint density at radius 2 is 2.10 bits per heavy atom. The number of hydrogen-bond acceptors (Lipinski definition) is 2. The Morgan fingerprint density at radius 3 is 2.75 bits per heavy atom. The van der Waals surface area contributed by atoms with Crippen molar-refractivity contribution in [1.82, 2.24) is 10.6 Å². The smallest absolute Gasteiger partial charge is 0.191 e. The van der Waals surface area contributed by atoms with Crippen molar-refractivity contribution in [3.63, 3.8) is 0 Å². The maximum Gasteiger partial charge on any atom is 0.191 e. The Morgan fingerprint density at radius 1 is 1.30 bits per heavy atom. The molecule has 6 heteroatoms. The van der Waals surface area contributed by atoms with E-state index >= 15 is 0 Å². The zero-order valence-corrected chi connectivity index (χ0v) is 12.7. The van der Waals surface area contributed by atoms with Gasteiger partial charge in [0.15, 0.2) is 5.96 Å². The van der Waals surface area contributed by atoms with Gasteiger partial charge >= 0.3 is 0 Å². The largest absolute Gasteiger partial charge is 0.356 e. The molecule has 0 atom stereocenters. The zero-order valence-electron chi connectivity index (χ0n) is 11.9. The minimum atomic E-state index is -0.347. The first kappa shape index (κ1) is 16.8. The number of guanidine groups is 1. The molecule has 0 fully saturated rings. The third-order valence-corrected chi connectivity index (χ3v) is 3.34. The van der Waals surface area contributed by atoms with E-state index in [1.54, 1.807) is 30.9 Å². The summed E-state index contributed by atoms with van der Waals surface area (Å²) in [5.74, 6) is 1.17. The van der Waals surface area contributed by atoms with E-state index in [2.05, 4.69) is 15.6 Å². The van der Waals surface area contributed by atoms with E-state index in [4.69, 9.17) is 0 Å². The average Bonchev–Trinajstić information content (AvgIpc) is 2.44. The second-order valence-electron chi connectivity index (χ2n) is 4.24. The van der Waals surface area contributed by atoms with Gasteiger partial charge in [-0.1, -0.05) is 6.07 Å². The second-order valence-corrected chi connectivity index (χ2v) is 5.11. The quantitative estimate of drug-likeness (QED) is 0.462. The molecule has 20 heavy (non-hydrogen) atoms. The van der Waals surface area contributed by atoms with Crippen LogP contribution in [0.1, 0.15) is 17.5 Å². The van der Waals surface area contributed by atoms with Gasteiger partial charge in [0, 0.05) is 25.9 Å². The molecular formula is C14H21F2N3S. The number of rotatable bonds is 7. The monoisotopic (exact) mass is 301 g/mol. The van der Waals surface area contributed by atoms with Crippen LogP contribution in [0, 0.1) is 5.82 Å². The lowest BCUT2D eigenvalue weighted by Crippen LogP contribution is -2.37. The van der Waals surface area contributed by atoms with Crippen LogP contribution < -0.4 is 10.6 Å². The molecule has 0 heterocycles. The van der Waals surface area contributed by atoms with Gasteiger partial charge in [0.25, 0.3) is 0 Å². The minimum Gasteiger partial charge on any atom is -0.356 e. The molecule has 2 N–H and O–H groups in total. The summed E-state index contributed by atoms with van der Waals surface area (Å²) >= 11 is 1.65.